The average molecular weight is 579 g/mol. The van der Waals surface area contributed by atoms with Gasteiger partial charge in [-0.3, -0.25) is 9.59 Å². The van der Waals surface area contributed by atoms with E-state index in [4.69, 9.17) is 23.2 Å². The minimum Gasteiger partial charge on any atom is -0.393 e. The van der Waals surface area contributed by atoms with E-state index >= 15 is 0 Å². The second-order valence-electron chi connectivity index (χ2n) is 11.0. The Morgan fingerprint density at radius 2 is 1.48 bits per heavy atom. The summed E-state index contributed by atoms with van der Waals surface area (Å²) in [5.74, 6) is -0.696. The number of carbonyl (C=O) groups is 2. The molecular weight excluding hydrogens is 545 g/mol. The summed E-state index contributed by atoms with van der Waals surface area (Å²) < 4.78 is 0. The molecule has 40 heavy (non-hydrogen) atoms. The first-order chi connectivity index (χ1) is 19.4. The van der Waals surface area contributed by atoms with Gasteiger partial charge in [0.25, 0.3) is 5.91 Å². The predicted octanol–water partition coefficient (Wildman–Crippen LogP) is 5.93. The van der Waals surface area contributed by atoms with Gasteiger partial charge in [0.15, 0.2) is 0 Å². The molecular formula is C32H33Cl2N3O3. The van der Waals surface area contributed by atoms with E-state index in [9.17, 15) is 14.7 Å². The van der Waals surface area contributed by atoms with Gasteiger partial charge in [-0.05, 0) is 67.1 Å². The van der Waals surface area contributed by atoms with E-state index < -0.39 is 12.0 Å². The Morgan fingerprint density at radius 3 is 2.17 bits per heavy atom. The number of nitrogens with zero attached hydrogens (tertiary/aromatic N) is 3. The number of halogens is 2. The molecule has 208 valence electrons. The van der Waals surface area contributed by atoms with Crippen molar-refractivity contribution in [3.05, 3.63) is 99.5 Å². The highest BCUT2D eigenvalue weighted by Crippen LogP contribution is 2.48. The van der Waals surface area contributed by atoms with Crippen LogP contribution < -0.4 is 4.90 Å². The lowest BCUT2D eigenvalue weighted by Crippen LogP contribution is -2.55. The predicted molar refractivity (Wildman–Crippen MR) is 158 cm³/mol. The van der Waals surface area contributed by atoms with Gasteiger partial charge in [-0.1, -0.05) is 65.7 Å². The standard InChI is InChI=1S/C32H33Cl2N3O3/c33-21-10-15-27(28(34)20-21)30-29(32(40)36-18-16-35(17-19-36)22-6-2-1-3-7-22)25-8-4-5-9-26(25)31(39)37(30)23-11-13-24(38)14-12-23/h1-10,15,20,23-24,29-30,38H,11-14,16-19H2/t23-,24-,29-,30+/m1/s1. The Bertz CT molecular complexity index is 1390. The average Bonchev–Trinajstić information content (AvgIpc) is 2.98. The lowest BCUT2D eigenvalue weighted by atomic mass is 9.76. The number of hydrogen-bond acceptors (Lipinski definition) is 4. The number of hydrogen-bond donors (Lipinski definition) is 1. The summed E-state index contributed by atoms with van der Waals surface area (Å²) in [4.78, 5) is 34.9. The van der Waals surface area contributed by atoms with Crippen LogP contribution in [0.2, 0.25) is 10.0 Å². The summed E-state index contributed by atoms with van der Waals surface area (Å²) in [7, 11) is 0. The Balaban J connectivity index is 1.40. The van der Waals surface area contributed by atoms with Crippen molar-refractivity contribution in [3.63, 3.8) is 0 Å². The molecule has 6 nitrogen and oxygen atoms in total. The fourth-order valence-corrected chi connectivity index (χ4v) is 7.17. The second-order valence-corrected chi connectivity index (χ2v) is 11.8. The molecule has 1 saturated heterocycles. The van der Waals surface area contributed by atoms with E-state index in [2.05, 4.69) is 17.0 Å². The SMILES string of the molecule is O=C([C@@H]1c2ccccc2C(=O)N([C@H]2CC[C@H](O)CC2)[C@H]1c1ccc(Cl)cc1Cl)N1CCN(c2ccccc2)CC1. The Hall–Kier alpha value is -3.06. The molecule has 2 heterocycles. The number of carbonyl (C=O) groups excluding carboxylic acids is 2. The summed E-state index contributed by atoms with van der Waals surface area (Å²) in [6.07, 6.45) is 2.23. The zero-order valence-corrected chi connectivity index (χ0v) is 23.8. The maximum atomic E-state index is 14.6. The van der Waals surface area contributed by atoms with Gasteiger partial charge in [0.05, 0.1) is 18.1 Å². The van der Waals surface area contributed by atoms with Crippen molar-refractivity contribution in [1.82, 2.24) is 9.80 Å². The van der Waals surface area contributed by atoms with E-state index in [0.29, 0.717) is 54.4 Å². The summed E-state index contributed by atoms with van der Waals surface area (Å²) in [5, 5.41) is 11.2. The maximum Gasteiger partial charge on any atom is 0.254 e. The molecule has 0 radical (unpaired) electrons. The summed E-state index contributed by atoms with van der Waals surface area (Å²) >= 11 is 13.1. The summed E-state index contributed by atoms with van der Waals surface area (Å²) in [6.45, 7) is 2.66. The van der Waals surface area contributed by atoms with Crippen molar-refractivity contribution in [3.8, 4) is 0 Å². The third-order valence-corrected chi connectivity index (χ3v) is 9.26. The number of piperazine rings is 1. The molecule has 3 aliphatic rings. The Kier molecular flexibility index (Phi) is 7.76. The first-order valence-electron chi connectivity index (χ1n) is 14.1. The van der Waals surface area contributed by atoms with Gasteiger partial charge in [-0.2, -0.15) is 0 Å². The van der Waals surface area contributed by atoms with Crippen LogP contribution in [-0.2, 0) is 4.79 Å². The highest BCUT2D eigenvalue weighted by molar-refractivity contribution is 6.35. The van der Waals surface area contributed by atoms with Crippen LogP contribution in [0.5, 0.6) is 0 Å². The van der Waals surface area contributed by atoms with Gasteiger partial charge in [0, 0.05) is 53.5 Å². The zero-order valence-electron chi connectivity index (χ0n) is 22.3. The number of amides is 2. The summed E-state index contributed by atoms with van der Waals surface area (Å²) in [5.41, 5.74) is 3.18. The molecule has 1 N–H and O–H groups in total. The molecule has 2 fully saturated rings. The fourth-order valence-electron chi connectivity index (χ4n) is 6.65. The molecule has 0 unspecified atom stereocenters. The third kappa shape index (κ3) is 5.09. The first kappa shape index (κ1) is 27.1. The molecule has 0 spiro atoms. The number of anilines is 1. The van der Waals surface area contributed by atoms with E-state index in [-0.39, 0.29) is 24.0 Å². The van der Waals surface area contributed by atoms with Gasteiger partial charge >= 0.3 is 0 Å². The third-order valence-electron chi connectivity index (χ3n) is 8.70. The van der Waals surface area contributed by atoms with Crippen LogP contribution in [-0.4, -0.2) is 65.0 Å². The second kappa shape index (κ2) is 11.4. The van der Waals surface area contributed by atoms with Gasteiger partial charge in [0.2, 0.25) is 5.91 Å². The zero-order chi connectivity index (χ0) is 27.8. The van der Waals surface area contributed by atoms with Crippen molar-refractivity contribution in [2.45, 2.75) is 49.8 Å². The highest BCUT2D eigenvalue weighted by Gasteiger charge is 2.48. The number of para-hydroxylation sites is 1. The number of benzene rings is 3. The lowest BCUT2D eigenvalue weighted by molar-refractivity contribution is -0.135. The van der Waals surface area contributed by atoms with Crippen molar-refractivity contribution in [2.75, 3.05) is 31.1 Å². The Morgan fingerprint density at radius 1 is 0.800 bits per heavy atom. The van der Waals surface area contributed by atoms with Crippen LogP contribution in [0.3, 0.4) is 0 Å². The molecule has 6 rings (SSSR count). The maximum absolute atomic E-state index is 14.6. The van der Waals surface area contributed by atoms with Crippen LogP contribution >= 0.6 is 23.2 Å². The molecule has 8 heteroatoms. The van der Waals surface area contributed by atoms with Crippen molar-refractivity contribution >= 4 is 40.7 Å². The van der Waals surface area contributed by atoms with Crippen LogP contribution in [0.15, 0.2) is 72.8 Å². The van der Waals surface area contributed by atoms with Crippen LogP contribution in [0.1, 0.15) is 59.1 Å². The minimum absolute atomic E-state index is 0.00419. The molecule has 3 aromatic carbocycles. The number of fused-ring (bicyclic) bond motifs is 1. The van der Waals surface area contributed by atoms with E-state index in [1.807, 2.05) is 58.3 Å². The van der Waals surface area contributed by atoms with E-state index in [0.717, 1.165) is 29.9 Å². The largest absolute Gasteiger partial charge is 0.393 e. The van der Waals surface area contributed by atoms with Crippen molar-refractivity contribution in [2.24, 2.45) is 0 Å². The van der Waals surface area contributed by atoms with Gasteiger partial charge < -0.3 is 19.8 Å². The number of aliphatic hydroxyl groups excluding tert-OH is 1. The first-order valence-corrected chi connectivity index (χ1v) is 14.8. The van der Waals surface area contributed by atoms with E-state index in [1.54, 1.807) is 12.1 Å². The normalized spacial score (nSPS) is 25.1. The van der Waals surface area contributed by atoms with Gasteiger partial charge in [0.1, 0.15) is 0 Å². The van der Waals surface area contributed by atoms with Crippen molar-refractivity contribution < 1.29 is 14.7 Å². The van der Waals surface area contributed by atoms with Crippen molar-refractivity contribution in [1.29, 1.82) is 0 Å². The number of rotatable bonds is 4. The van der Waals surface area contributed by atoms with Gasteiger partial charge in [-0.25, -0.2) is 0 Å². The molecule has 0 aromatic heterocycles. The monoisotopic (exact) mass is 577 g/mol. The Labute approximate surface area is 245 Å². The smallest absolute Gasteiger partial charge is 0.254 e. The molecule has 2 atom stereocenters. The fraction of sp³-hybridized carbons (Fsp3) is 0.375. The summed E-state index contributed by atoms with van der Waals surface area (Å²) in [6, 6.07) is 22.4. The topological polar surface area (TPSA) is 64.1 Å². The molecule has 2 amide bonds. The van der Waals surface area contributed by atoms with E-state index in [1.165, 1.54) is 0 Å². The molecule has 2 aliphatic heterocycles. The quantitative estimate of drug-likeness (QED) is 0.417. The molecule has 3 aromatic rings. The van der Waals surface area contributed by atoms with Crippen LogP contribution in [0, 0.1) is 0 Å². The van der Waals surface area contributed by atoms with Gasteiger partial charge in [-0.15, -0.1) is 0 Å². The molecule has 0 bridgehead atoms. The van der Waals surface area contributed by atoms with Crippen LogP contribution in [0.25, 0.3) is 0 Å². The lowest BCUT2D eigenvalue weighted by Gasteiger charge is -2.48. The van der Waals surface area contributed by atoms with Crippen LogP contribution in [0.4, 0.5) is 5.69 Å². The molecule has 1 aliphatic carbocycles. The number of aliphatic hydroxyl groups is 1. The highest BCUT2D eigenvalue weighted by atomic mass is 35.5. The molecule has 1 saturated carbocycles. The minimum atomic E-state index is -0.609.